The summed E-state index contributed by atoms with van der Waals surface area (Å²) in [6, 6.07) is 0. The molecule has 2 rings (SSSR count). The summed E-state index contributed by atoms with van der Waals surface area (Å²) < 4.78 is 1.54. The number of nitrogens with one attached hydrogen (secondary N) is 1. The number of nitrogens with two attached hydrogens (primary N) is 1. The molecule has 1 aliphatic rings. The van der Waals surface area contributed by atoms with Crippen molar-refractivity contribution < 1.29 is 9.90 Å². The van der Waals surface area contributed by atoms with Crippen LogP contribution in [-0.4, -0.2) is 27.4 Å². The van der Waals surface area contributed by atoms with Crippen molar-refractivity contribution in [3.8, 4) is 0 Å². The molecule has 1 unspecified atom stereocenters. The van der Waals surface area contributed by atoms with E-state index in [2.05, 4.69) is 10.4 Å². The van der Waals surface area contributed by atoms with Crippen molar-refractivity contribution in [2.45, 2.75) is 19.9 Å². The maximum atomic E-state index is 11.5. The molecule has 0 aliphatic carbocycles. The molecular weight excluding hydrogens is 196 g/mol. The van der Waals surface area contributed by atoms with Crippen molar-refractivity contribution in [3.63, 3.8) is 0 Å². The summed E-state index contributed by atoms with van der Waals surface area (Å²) in [7, 11) is 0. The minimum atomic E-state index is -0.0772. The van der Waals surface area contributed by atoms with Crippen LogP contribution in [0.25, 0.3) is 0 Å². The third kappa shape index (κ3) is 1.56. The topological polar surface area (TPSA) is 93.2 Å². The van der Waals surface area contributed by atoms with E-state index < -0.39 is 0 Å². The van der Waals surface area contributed by atoms with Crippen LogP contribution in [-0.2, 0) is 17.8 Å². The molecule has 6 nitrogen and oxygen atoms in total. The fraction of sp³-hybridized carbons (Fsp3) is 0.556. The first-order chi connectivity index (χ1) is 7.13. The molecule has 0 saturated heterocycles. The number of hydrogen-bond acceptors (Lipinski definition) is 4. The molecule has 1 aromatic rings. The predicted octanol–water partition coefficient (Wildman–Crippen LogP) is -0.412. The molecule has 82 valence electrons. The Hall–Kier alpha value is -1.56. The molecular formula is C9H14N4O2. The molecule has 0 fully saturated rings. The first-order valence-electron chi connectivity index (χ1n) is 4.90. The molecule has 0 bridgehead atoms. The van der Waals surface area contributed by atoms with Gasteiger partial charge in [0.1, 0.15) is 5.82 Å². The lowest BCUT2D eigenvalue weighted by atomic mass is 9.98. The quantitative estimate of drug-likeness (QED) is 0.618. The summed E-state index contributed by atoms with van der Waals surface area (Å²) in [5.74, 6) is 0.961. The Morgan fingerprint density at radius 3 is 3.13 bits per heavy atom. The second-order valence-corrected chi connectivity index (χ2v) is 3.75. The first-order valence-corrected chi connectivity index (χ1v) is 4.90. The Morgan fingerprint density at radius 2 is 2.47 bits per heavy atom. The lowest BCUT2D eigenvalue weighted by Gasteiger charge is -2.19. The monoisotopic (exact) mass is 210 g/mol. The second kappa shape index (κ2) is 3.54. The van der Waals surface area contributed by atoms with Crippen molar-refractivity contribution in [3.05, 3.63) is 5.56 Å². The van der Waals surface area contributed by atoms with Crippen molar-refractivity contribution in [1.82, 2.24) is 9.78 Å². The minimum absolute atomic E-state index is 0.0263. The molecule has 1 aromatic heterocycles. The molecule has 0 radical (unpaired) electrons. The summed E-state index contributed by atoms with van der Waals surface area (Å²) in [4.78, 5) is 11.5. The highest BCUT2D eigenvalue weighted by molar-refractivity contribution is 5.95. The minimum Gasteiger partial charge on any atom is -0.394 e. The van der Waals surface area contributed by atoms with Gasteiger partial charge in [0, 0.05) is 11.5 Å². The van der Waals surface area contributed by atoms with Gasteiger partial charge in [0.2, 0.25) is 5.91 Å². The van der Waals surface area contributed by atoms with E-state index in [1.807, 2.05) is 6.92 Å². The van der Waals surface area contributed by atoms with Crippen LogP contribution in [0.1, 0.15) is 12.5 Å². The number of anilines is 2. The maximum absolute atomic E-state index is 11.5. The molecule has 1 amide bonds. The van der Waals surface area contributed by atoms with Crippen LogP contribution < -0.4 is 11.1 Å². The number of carbonyl (C=O) groups is 1. The van der Waals surface area contributed by atoms with Crippen molar-refractivity contribution >= 4 is 17.5 Å². The number of nitrogens with zero attached hydrogens (tertiary/aromatic N) is 2. The lowest BCUT2D eigenvalue weighted by molar-refractivity contribution is -0.119. The van der Waals surface area contributed by atoms with Gasteiger partial charge in [-0.2, -0.15) is 5.10 Å². The van der Waals surface area contributed by atoms with Gasteiger partial charge in [-0.05, 0) is 6.42 Å². The average molecular weight is 210 g/mol. The van der Waals surface area contributed by atoms with Gasteiger partial charge in [-0.1, -0.05) is 6.92 Å². The van der Waals surface area contributed by atoms with E-state index in [4.69, 9.17) is 10.8 Å². The summed E-state index contributed by atoms with van der Waals surface area (Å²) in [6.45, 7) is 2.16. The highest BCUT2D eigenvalue weighted by Crippen LogP contribution is 2.29. The molecule has 0 saturated carbocycles. The molecule has 15 heavy (non-hydrogen) atoms. The number of fused-ring (bicyclic) bond motifs is 1. The first kappa shape index (κ1) is 9.97. The van der Waals surface area contributed by atoms with Gasteiger partial charge in [0.15, 0.2) is 5.82 Å². The number of amides is 1. The third-order valence-corrected chi connectivity index (χ3v) is 2.59. The van der Waals surface area contributed by atoms with Crippen LogP contribution in [0.3, 0.4) is 0 Å². The Morgan fingerprint density at radius 1 is 1.73 bits per heavy atom. The second-order valence-electron chi connectivity index (χ2n) is 3.75. The van der Waals surface area contributed by atoms with Crippen LogP contribution in [0.5, 0.6) is 0 Å². The van der Waals surface area contributed by atoms with E-state index in [1.165, 1.54) is 4.68 Å². The van der Waals surface area contributed by atoms with Crippen LogP contribution >= 0.6 is 0 Å². The highest BCUT2D eigenvalue weighted by Gasteiger charge is 2.28. The number of rotatable bonds is 2. The van der Waals surface area contributed by atoms with Gasteiger partial charge in [0.25, 0.3) is 0 Å². The summed E-state index contributed by atoms with van der Waals surface area (Å²) >= 11 is 0. The number of carbonyl (C=O) groups excluding carboxylic acids is 1. The Balaban J connectivity index is 2.40. The average Bonchev–Trinajstić information content (AvgIpc) is 2.46. The summed E-state index contributed by atoms with van der Waals surface area (Å²) in [5, 5.41) is 15.7. The lowest BCUT2D eigenvalue weighted by Crippen LogP contribution is -2.29. The number of aliphatic hydroxyl groups excluding tert-OH is 1. The number of aliphatic hydroxyl groups is 1. The van der Waals surface area contributed by atoms with Crippen LogP contribution in [0, 0.1) is 5.92 Å². The van der Waals surface area contributed by atoms with E-state index in [0.717, 1.165) is 5.56 Å². The Labute approximate surface area is 87.1 Å². The Kier molecular flexibility index (Phi) is 2.36. The van der Waals surface area contributed by atoms with E-state index in [9.17, 15) is 4.79 Å². The maximum Gasteiger partial charge on any atom is 0.228 e. The standard InChI is InChI=1S/C9H14N4O2/c1-5-4-6-7(10)12-13(2-3-14)8(6)11-9(5)15/h5,14H,2-4H2,1H3,(H2,10,12)(H,11,15). The van der Waals surface area contributed by atoms with Crippen LogP contribution in [0.15, 0.2) is 0 Å². The highest BCUT2D eigenvalue weighted by atomic mass is 16.3. The van der Waals surface area contributed by atoms with Crippen LogP contribution in [0.4, 0.5) is 11.6 Å². The van der Waals surface area contributed by atoms with Gasteiger partial charge in [0.05, 0.1) is 13.2 Å². The largest absolute Gasteiger partial charge is 0.394 e. The fourth-order valence-corrected chi connectivity index (χ4v) is 1.75. The molecule has 2 heterocycles. The van der Waals surface area contributed by atoms with E-state index in [0.29, 0.717) is 24.6 Å². The van der Waals surface area contributed by atoms with E-state index in [-0.39, 0.29) is 18.4 Å². The van der Waals surface area contributed by atoms with Crippen LogP contribution in [0.2, 0.25) is 0 Å². The van der Waals surface area contributed by atoms with E-state index in [1.54, 1.807) is 0 Å². The number of aromatic nitrogens is 2. The zero-order valence-corrected chi connectivity index (χ0v) is 8.53. The summed E-state index contributed by atoms with van der Waals surface area (Å²) in [6.07, 6.45) is 0.610. The van der Waals surface area contributed by atoms with Gasteiger partial charge in [-0.15, -0.1) is 0 Å². The number of nitrogen functional groups attached to an aromatic ring is 1. The van der Waals surface area contributed by atoms with E-state index >= 15 is 0 Å². The van der Waals surface area contributed by atoms with Gasteiger partial charge in [-0.25, -0.2) is 4.68 Å². The molecule has 1 atom stereocenters. The zero-order valence-electron chi connectivity index (χ0n) is 8.53. The SMILES string of the molecule is CC1Cc2c(N)nn(CCO)c2NC1=O. The Bertz CT molecular complexity index is 399. The zero-order chi connectivity index (χ0) is 11.0. The molecule has 4 N–H and O–H groups in total. The fourth-order valence-electron chi connectivity index (χ4n) is 1.75. The molecule has 0 spiro atoms. The van der Waals surface area contributed by atoms with Gasteiger partial charge < -0.3 is 16.2 Å². The molecule has 6 heteroatoms. The molecule has 1 aliphatic heterocycles. The summed E-state index contributed by atoms with van der Waals surface area (Å²) in [5.41, 5.74) is 6.61. The predicted molar refractivity (Wildman–Crippen MR) is 55.2 cm³/mol. The third-order valence-electron chi connectivity index (χ3n) is 2.59. The normalized spacial score (nSPS) is 19.9. The van der Waals surface area contributed by atoms with Crippen molar-refractivity contribution in [2.75, 3.05) is 17.7 Å². The van der Waals surface area contributed by atoms with Gasteiger partial charge in [-0.3, -0.25) is 4.79 Å². The van der Waals surface area contributed by atoms with Crippen molar-refractivity contribution in [1.29, 1.82) is 0 Å². The van der Waals surface area contributed by atoms with Gasteiger partial charge >= 0.3 is 0 Å². The smallest absolute Gasteiger partial charge is 0.228 e. The van der Waals surface area contributed by atoms with Crippen molar-refractivity contribution in [2.24, 2.45) is 5.92 Å². The number of hydrogen-bond donors (Lipinski definition) is 3. The molecule has 0 aromatic carbocycles.